The van der Waals surface area contributed by atoms with Gasteiger partial charge in [0.15, 0.2) is 5.82 Å². The molecule has 0 radical (unpaired) electrons. The minimum absolute atomic E-state index is 0.164. The van der Waals surface area contributed by atoms with E-state index in [2.05, 4.69) is 64.8 Å². The van der Waals surface area contributed by atoms with Gasteiger partial charge < -0.3 is 14.6 Å². The van der Waals surface area contributed by atoms with Gasteiger partial charge in [0.1, 0.15) is 23.4 Å². The first kappa shape index (κ1) is 20.6. The summed E-state index contributed by atoms with van der Waals surface area (Å²) in [5, 5.41) is 14.0. The molecule has 1 aliphatic heterocycles. The van der Waals surface area contributed by atoms with E-state index in [0.717, 1.165) is 12.8 Å². The second-order valence-electron chi connectivity index (χ2n) is 6.64. The average Bonchev–Trinajstić information content (AvgIpc) is 3.25. The Bertz CT molecular complexity index is 1140. The summed E-state index contributed by atoms with van der Waals surface area (Å²) in [6, 6.07) is 7.25. The van der Waals surface area contributed by atoms with Crippen molar-refractivity contribution in [1.82, 2.24) is 24.7 Å². The number of amides is 1. The Morgan fingerprint density at radius 3 is 3.17 bits per heavy atom. The molecule has 1 amide bonds. The number of aromatic nitrogens is 5. The molecule has 1 aliphatic rings. The van der Waals surface area contributed by atoms with Gasteiger partial charge in [0.05, 0.1) is 6.61 Å². The Morgan fingerprint density at radius 2 is 2.30 bits per heavy atom. The van der Waals surface area contributed by atoms with Crippen LogP contribution in [0.2, 0.25) is 0 Å². The van der Waals surface area contributed by atoms with Crippen molar-refractivity contribution in [2.75, 3.05) is 11.9 Å². The molecule has 0 aromatic carbocycles. The van der Waals surface area contributed by atoms with Crippen molar-refractivity contribution in [2.24, 2.45) is 0 Å². The molecule has 0 saturated carbocycles. The fraction of sp³-hybridized carbons (Fsp3) is 0.250. The first-order valence-electron chi connectivity index (χ1n) is 9.25. The molecular formula is C20H17IN6O2S. The van der Waals surface area contributed by atoms with Gasteiger partial charge in [-0.05, 0) is 52.2 Å². The number of ether oxygens (including phenoxy) is 1. The first-order valence-corrected chi connectivity index (χ1v) is 12.6. The fourth-order valence-corrected chi connectivity index (χ4v) is 3.61. The second-order valence-corrected chi connectivity index (χ2v) is 8.32. The molecule has 2 bridgehead atoms. The number of pyridine rings is 2. The second kappa shape index (κ2) is 9.44. The van der Waals surface area contributed by atoms with Crippen LogP contribution in [0, 0.1) is 11.2 Å². The van der Waals surface area contributed by atoms with Gasteiger partial charge in [-0.2, -0.15) is 0 Å². The highest BCUT2D eigenvalue weighted by Crippen LogP contribution is 2.25. The van der Waals surface area contributed by atoms with Gasteiger partial charge in [-0.3, -0.25) is 4.79 Å². The molecule has 0 saturated heterocycles. The molecular weight excluding hydrogens is 515 g/mol. The molecule has 4 rings (SSSR count). The molecule has 1 N–H and O–H groups in total. The fourth-order valence-electron chi connectivity index (χ4n) is 3.12. The van der Waals surface area contributed by atoms with E-state index >= 15 is 0 Å². The van der Waals surface area contributed by atoms with E-state index in [-0.39, 0.29) is 17.8 Å². The highest BCUT2D eigenvalue weighted by molar-refractivity contribution is 14.2. The zero-order chi connectivity index (χ0) is 20.9. The topological polar surface area (TPSA) is 94.8 Å². The van der Waals surface area contributed by atoms with Gasteiger partial charge in [0, 0.05) is 39.0 Å². The zero-order valence-electron chi connectivity index (χ0n) is 16.0. The van der Waals surface area contributed by atoms with E-state index in [1.807, 2.05) is 16.7 Å². The molecule has 8 nitrogen and oxygen atoms in total. The zero-order valence-corrected chi connectivity index (χ0v) is 19.0. The third kappa shape index (κ3) is 4.57. The summed E-state index contributed by atoms with van der Waals surface area (Å²) >= 11 is 2.09. The molecule has 3 aromatic heterocycles. The van der Waals surface area contributed by atoms with Crippen molar-refractivity contribution in [2.45, 2.75) is 25.8 Å². The minimum Gasteiger partial charge on any atom is -0.477 e. The highest BCUT2D eigenvalue weighted by Gasteiger charge is 2.19. The summed E-state index contributed by atoms with van der Waals surface area (Å²) in [7, 11) is 1.37. The summed E-state index contributed by atoms with van der Waals surface area (Å²) in [6.07, 6.45) is 4.94. The monoisotopic (exact) mass is 532 g/mol. The van der Waals surface area contributed by atoms with Crippen LogP contribution in [-0.4, -0.2) is 37.2 Å². The Balaban J connectivity index is 1.75. The molecule has 3 aromatic rings. The number of carbonyl (C=O) groups is 1. The van der Waals surface area contributed by atoms with Crippen LogP contribution in [0.25, 0.3) is 11.5 Å². The van der Waals surface area contributed by atoms with Gasteiger partial charge in [-0.25, -0.2) is 9.97 Å². The first-order chi connectivity index (χ1) is 14.7. The van der Waals surface area contributed by atoms with Gasteiger partial charge in [0.25, 0.3) is 5.91 Å². The predicted molar refractivity (Wildman–Crippen MR) is 123 cm³/mol. The van der Waals surface area contributed by atoms with Gasteiger partial charge in [-0.1, -0.05) is 12.0 Å². The normalized spacial score (nSPS) is 16.1. The maximum absolute atomic E-state index is 13.0. The van der Waals surface area contributed by atoms with Crippen molar-refractivity contribution < 1.29 is 9.53 Å². The molecule has 0 unspecified atom stereocenters. The number of fused-ring (bicyclic) bond motifs is 5. The van der Waals surface area contributed by atoms with Crippen molar-refractivity contribution in [3.63, 3.8) is 0 Å². The Hall–Kier alpha value is -2.65. The van der Waals surface area contributed by atoms with Gasteiger partial charge in [0.2, 0.25) is 5.88 Å². The highest BCUT2D eigenvalue weighted by atomic mass is 127. The number of carbonyl (C=O) groups excluding carboxylic acids is 1. The van der Waals surface area contributed by atoms with E-state index in [1.54, 1.807) is 24.7 Å². The number of anilines is 1. The molecule has 10 heteroatoms. The Morgan fingerprint density at radius 1 is 1.40 bits per heavy atom. The van der Waals surface area contributed by atoms with Crippen LogP contribution < -0.4 is 10.1 Å². The van der Waals surface area contributed by atoms with Crippen LogP contribution in [0.1, 0.15) is 41.7 Å². The van der Waals surface area contributed by atoms with E-state index in [9.17, 15) is 4.79 Å². The predicted octanol–water partition coefficient (Wildman–Crippen LogP) is 4.11. The van der Waals surface area contributed by atoms with Gasteiger partial charge >= 0.3 is 0 Å². The summed E-state index contributed by atoms with van der Waals surface area (Å²) < 4.78 is 7.84. The number of rotatable bonds is 0. The number of hydrogen-bond donors (Lipinski definition) is 1. The van der Waals surface area contributed by atoms with Gasteiger partial charge in [-0.15, -0.1) is 10.2 Å². The largest absolute Gasteiger partial charge is 0.477 e. The van der Waals surface area contributed by atoms with Crippen molar-refractivity contribution in [3.05, 3.63) is 47.9 Å². The van der Waals surface area contributed by atoms with E-state index in [4.69, 9.17) is 4.74 Å². The lowest BCUT2D eigenvalue weighted by Crippen LogP contribution is -2.17. The molecule has 4 heterocycles. The lowest BCUT2D eigenvalue weighted by Gasteiger charge is -2.17. The SMILES string of the molecule is C[C@H]1CCCOc2ncc(C#CSI)cc2C(=O)Nc2cccc(n2)-c2nncn21. The summed E-state index contributed by atoms with van der Waals surface area (Å²) in [4.78, 5) is 21.9. The third-order valence-corrected chi connectivity index (χ3v) is 5.44. The van der Waals surface area contributed by atoms with E-state index in [0.29, 0.717) is 35.1 Å². The number of nitrogens with one attached hydrogen (secondary N) is 1. The molecule has 30 heavy (non-hydrogen) atoms. The van der Waals surface area contributed by atoms with E-state index in [1.165, 1.54) is 8.93 Å². The summed E-state index contributed by atoms with van der Waals surface area (Å²) in [5.74, 6) is 3.95. The number of nitrogens with zero attached hydrogens (tertiary/aromatic N) is 5. The maximum atomic E-state index is 13.0. The maximum Gasteiger partial charge on any atom is 0.262 e. The molecule has 0 fully saturated rings. The van der Waals surface area contributed by atoms with Crippen molar-refractivity contribution >= 4 is 41.9 Å². The standard InChI is InChI=1S/C20H17IN6O2S/c1-13-4-3-8-29-20-15(10-14(11-22-20)7-9-30-21)19(28)25-17-6-2-5-16(24-17)18-26-23-12-27(13)18/h2,5-6,10-13H,3-4,8H2,1H3,(H,24,25,28)/t13-/m0/s1. The lowest BCUT2D eigenvalue weighted by atomic mass is 10.1. The van der Waals surface area contributed by atoms with Crippen LogP contribution in [0.15, 0.2) is 36.8 Å². The lowest BCUT2D eigenvalue weighted by molar-refractivity contribution is 0.102. The smallest absolute Gasteiger partial charge is 0.262 e. The van der Waals surface area contributed by atoms with Crippen LogP contribution >= 0.6 is 30.1 Å². The number of halogens is 1. The molecule has 152 valence electrons. The quantitative estimate of drug-likeness (QED) is 0.344. The van der Waals surface area contributed by atoms with Crippen LogP contribution in [0.3, 0.4) is 0 Å². The Kier molecular flexibility index (Phi) is 6.49. The van der Waals surface area contributed by atoms with Crippen LogP contribution in [-0.2, 0) is 0 Å². The Labute approximate surface area is 189 Å². The van der Waals surface area contributed by atoms with Crippen LogP contribution in [0.5, 0.6) is 5.88 Å². The van der Waals surface area contributed by atoms with E-state index < -0.39 is 0 Å². The molecule has 1 atom stereocenters. The summed E-state index contributed by atoms with van der Waals surface area (Å²) in [5.41, 5.74) is 1.60. The minimum atomic E-state index is -0.361. The molecule has 0 spiro atoms. The molecule has 0 aliphatic carbocycles. The average molecular weight is 532 g/mol. The summed E-state index contributed by atoms with van der Waals surface area (Å²) in [6.45, 7) is 2.54. The third-order valence-electron chi connectivity index (χ3n) is 4.60. The van der Waals surface area contributed by atoms with Crippen LogP contribution in [0.4, 0.5) is 5.82 Å². The number of hydrogen-bond acceptors (Lipinski definition) is 7. The van der Waals surface area contributed by atoms with Crippen molar-refractivity contribution in [3.8, 4) is 28.6 Å². The van der Waals surface area contributed by atoms with Crippen molar-refractivity contribution in [1.29, 1.82) is 0 Å².